The van der Waals surface area contributed by atoms with E-state index in [-0.39, 0.29) is 6.61 Å². The fourth-order valence-electron chi connectivity index (χ4n) is 1.17. The first-order valence-corrected chi connectivity index (χ1v) is 5.98. The molecule has 0 saturated heterocycles. The van der Waals surface area contributed by atoms with Crippen molar-refractivity contribution in [1.29, 1.82) is 0 Å². The van der Waals surface area contributed by atoms with Crippen LogP contribution in [0.25, 0.3) is 0 Å². The first kappa shape index (κ1) is 12.5. The fraction of sp³-hybridized carbons (Fsp3) is 0.200. The predicted molar refractivity (Wildman–Crippen MR) is 61.9 cm³/mol. The highest BCUT2D eigenvalue weighted by molar-refractivity contribution is 7.90. The summed E-state index contributed by atoms with van der Waals surface area (Å²) in [7, 11) is -3.75. The topological polar surface area (TPSA) is 92.4 Å². The molecule has 0 aliphatic heterocycles. The van der Waals surface area contributed by atoms with Gasteiger partial charge in [0.1, 0.15) is 6.61 Å². The fourth-order valence-corrected chi connectivity index (χ4v) is 1.62. The number of hydrogen-bond acceptors (Lipinski definition) is 3. The van der Waals surface area contributed by atoms with Crippen LogP contribution < -0.4 is 9.86 Å². The smallest absolute Gasteiger partial charge is 0.296 e. The zero-order valence-corrected chi connectivity index (χ0v) is 9.50. The number of rotatable bonds is 2. The van der Waals surface area contributed by atoms with Gasteiger partial charge in [0.15, 0.2) is 0 Å². The Morgan fingerprint density at radius 1 is 1.50 bits per heavy atom. The van der Waals surface area contributed by atoms with Crippen LogP contribution in [0.15, 0.2) is 18.2 Å². The zero-order chi connectivity index (χ0) is 12.2. The number of nitrogens with two attached hydrogens (primary N) is 1. The minimum Gasteiger partial charge on any atom is -0.384 e. The third kappa shape index (κ3) is 3.90. The molecule has 0 aliphatic rings. The van der Waals surface area contributed by atoms with Gasteiger partial charge in [-0.25, -0.2) is 5.14 Å². The monoisotopic (exact) mass is 240 g/mol. The van der Waals surface area contributed by atoms with Gasteiger partial charge in [-0.1, -0.05) is 11.8 Å². The van der Waals surface area contributed by atoms with Gasteiger partial charge in [0, 0.05) is 5.56 Å². The average molecular weight is 240 g/mol. The molecule has 1 aromatic carbocycles. The maximum atomic E-state index is 10.8. The quantitative estimate of drug-likeness (QED) is 0.633. The number of aliphatic hydroxyl groups excluding tert-OH is 1. The lowest BCUT2D eigenvalue weighted by atomic mass is 10.1. The van der Waals surface area contributed by atoms with Crippen molar-refractivity contribution in [3.8, 4) is 11.8 Å². The number of hydrogen-bond donors (Lipinski definition) is 3. The normalized spacial score (nSPS) is 10.4. The number of nitrogens with one attached hydrogen (secondary N) is 1. The highest BCUT2D eigenvalue weighted by Crippen LogP contribution is 2.14. The first-order valence-electron chi connectivity index (χ1n) is 4.43. The molecular formula is C10H12N2O3S. The molecule has 0 radical (unpaired) electrons. The summed E-state index contributed by atoms with van der Waals surface area (Å²) in [6, 6.07) is 4.83. The maximum absolute atomic E-state index is 10.8. The van der Waals surface area contributed by atoms with Gasteiger partial charge in [0.2, 0.25) is 0 Å². The van der Waals surface area contributed by atoms with Gasteiger partial charge < -0.3 is 5.11 Å². The van der Waals surface area contributed by atoms with E-state index in [0.29, 0.717) is 5.69 Å². The maximum Gasteiger partial charge on any atom is 0.296 e. The van der Waals surface area contributed by atoms with Crippen LogP contribution in [0.4, 0.5) is 5.69 Å². The lowest BCUT2D eigenvalue weighted by Gasteiger charge is -2.05. The largest absolute Gasteiger partial charge is 0.384 e. The highest BCUT2D eigenvalue weighted by atomic mass is 32.2. The molecule has 6 heteroatoms. The minimum absolute atomic E-state index is 0.212. The SMILES string of the molecule is Cc1cc(NS(N)(=O)=O)ccc1C#CCO. The molecule has 0 fully saturated rings. The van der Waals surface area contributed by atoms with E-state index in [1.54, 1.807) is 25.1 Å². The minimum atomic E-state index is -3.75. The molecule has 86 valence electrons. The van der Waals surface area contributed by atoms with Gasteiger partial charge in [-0.05, 0) is 30.7 Å². The lowest BCUT2D eigenvalue weighted by Crippen LogP contribution is -2.21. The average Bonchev–Trinajstić information content (AvgIpc) is 2.14. The zero-order valence-electron chi connectivity index (χ0n) is 8.69. The van der Waals surface area contributed by atoms with Gasteiger partial charge in [-0.3, -0.25) is 4.72 Å². The molecule has 0 aliphatic carbocycles. The van der Waals surface area contributed by atoms with Crippen LogP contribution in [-0.2, 0) is 10.2 Å². The molecule has 0 heterocycles. The van der Waals surface area contributed by atoms with E-state index >= 15 is 0 Å². The second-order valence-corrected chi connectivity index (χ2v) is 4.43. The molecule has 0 amide bonds. The van der Waals surface area contributed by atoms with Gasteiger partial charge in [0.25, 0.3) is 10.2 Å². The molecule has 0 saturated carbocycles. The Balaban J connectivity index is 3.00. The number of benzene rings is 1. The van der Waals surface area contributed by atoms with Crippen LogP contribution in [0.2, 0.25) is 0 Å². The van der Waals surface area contributed by atoms with Gasteiger partial charge >= 0.3 is 0 Å². The summed E-state index contributed by atoms with van der Waals surface area (Å²) >= 11 is 0. The van der Waals surface area contributed by atoms with E-state index in [9.17, 15) is 8.42 Å². The van der Waals surface area contributed by atoms with E-state index in [2.05, 4.69) is 16.6 Å². The van der Waals surface area contributed by atoms with Crippen molar-refractivity contribution < 1.29 is 13.5 Å². The molecule has 16 heavy (non-hydrogen) atoms. The van der Waals surface area contributed by atoms with E-state index < -0.39 is 10.2 Å². The summed E-state index contributed by atoms with van der Waals surface area (Å²) < 4.78 is 23.7. The third-order valence-corrected chi connectivity index (χ3v) is 2.31. The molecule has 0 unspecified atom stereocenters. The second kappa shape index (κ2) is 4.99. The summed E-state index contributed by atoms with van der Waals surface area (Å²) in [5.74, 6) is 5.26. The third-order valence-electron chi connectivity index (χ3n) is 1.79. The summed E-state index contributed by atoms with van der Waals surface area (Å²) in [5, 5.41) is 13.4. The molecule has 0 aromatic heterocycles. The molecule has 1 rings (SSSR count). The Labute approximate surface area is 94.5 Å². The Hall–Kier alpha value is -1.55. The first-order chi connectivity index (χ1) is 7.42. The van der Waals surface area contributed by atoms with Crippen molar-refractivity contribution in [3.05, 3.63) is 29.3 Å². The summed E-state index contributed by atoms with van der Waals surface area (Å²) in [6.45, 7) is 1.58. The molecular weight excluding hydrogens is 228 g/mol. The van der Waals surface area contributed by atoms with Crippen molar-refractivity contribution in [2.45, 2.75) is 6.92 Å². The molecule has 0 bridgehead atoms. The van der Waals surface area contributed by atoms with E-state index in [0.717, 1.165) is 11.1 Å². The van der Waals surface area contributed by atoms with Crippen molar-refractivity contribution in [2.24, 2.45) is 5.14 Å². The predicted octanol–water partition coefficient (Wildman–Crippen LogP) is -0.0458. The van der Waals surface area contributed by atoms with Gasteiger partial charge in [-0.15, -0.1) is 0 Å². The van der Waals surface area contributed by atoms with Crippen molar-refractivity contribution in [1.82, 2.24) is 0 Å². The summed E-state index contributed by atoms with van der Waals surface area (Å²) in [6.07, 6.45) is 0. The van der Waals surface area contributed by atoms with Crippen LogP contribution in [-0.4, -0.2) is 20.1 Å². The van der Waals surface area contributed by atoms with Crippen LogP contribution in [0.1, 0.15) is 11.1 Å². The van der Waals surface area contributed by atoms with Crippen molar-refractivity contribution in [3.63, 3.8) is 0 Å². The molecule has 5 nitrogen and oxygen atoms in total. The number of aliphatic hydroxyl groups is 1. The summed E-state index contributed by atoms with van der Waals surface area (Å²) in [5.41, 5.74) is 1.91. The molecule has 1 aromatic rings. The van der Waals surface area contributed by atoms with Crippen molar-refractivity contribution in [2.75, 3.05) is 11.3 Å². The number of aryl methyl sites for hydroxylation is 1. The number of anilines is 1. The Kier molecular flexibility index (Phi) is 3.90. The van der Waals surface area contributed by atoms with Crippen LogP contribution in [0.5, 0.6) is 0 Å². The van der Waals surface area contributed by atoms with E-state index in [1.165, 1.54) is 0 Å². The summed E-state index contributed by atoms with van der Waals surface area (Å²) in [4.78, 5) is 0. The van der Waals surface area contributed by atoms with Crippen LogP contribution in [0, 0.1) is 18.8 Å². The van der Waals surface area contributed by atoms with Gasteiger partial charge in [-0.2, -0.15) is 8.42 Å². The highest BCUT2D eigenvalue weighted by Gasteiger charge is 2.03. The van der Waals surface area contributed by atoms with E-state index in [4.69, 9.17) is 10.2 Å². The van der Waals surface area contributed by atoms with Gasteiger partial charge in [0.05, 0.1) is 5.69 Å². The Morgan fingerprint density at radius 2 is 2.19 bits per heavy atom. The van der Waals surface area contributed by atoms with Crippen molar-refractivity contribution >= 4 is 15.9 Å². The molecule has 0 atom stereocenters. The Bertz CT molecular complexity index is 541. The molecule has 4 N–H and O–H groups in total. The Morgan fingerprint density at radius 3 is 2.69 bits per heavy atom. The van der Waals surface area contributed by atoms with Crippen LogP contribution >= 0.6 is 0 Å². The van der Waals surface area contributed by atoms with E-state index in [1.807, 2.05) is 0 Å². The second-order valence-electron chi connectivity index (χ2n) is 3.14. The standard InChI is InChI=1S/C10H12N2O3S/c1-8-7-10(12-16(11,14)15)5-4-9(8)3-2-6-13/h4-5,7,12-13H,6H2,1H3,(H2,11,14,15). The lowest BCUT2D eigenvalue weighted by molar-refractivity contribution is 0.350. The van der Waals surface area contributed by atoms with Crippen LogP contribution in [0.3, 0.4) is 0 Å². The molecule has 0 spiro atoms.